The number of nitrogens with one attached hydrogen (secondary N) is 2. The highest BCUT2D eigenvalue weighted by Gasteiger charge is 2.09. The van der Waals surface area contributed by atoms with Crippen LogP contribution in [0.15, 0.2) is 35.6 Å². The number of phenolic OH excluding ortho intramolecular Hbond substituents is 1. The third kappa shape index (κ3) is 3.90. The Morgan fingerprint density at radius 2 is 2.29 bits per heavy atom. The maximum absolute atomic E-state index is 12.0. The Morgan fingerprint density at radius 1 is 1.46 bits per heavy atom. The third-order valence-corrected chi connectivity index (χ3v) is 4.58. The smallest absolute Gasteiger partial charge is 0.234 e. The Kier molecular flexibility index (Phi) is 5.09. The van der Waals surface area contributed by atoms with Crippen molar-refractivity contribution >= 4 is 57.0 Å². The Bertz CT molecular complexity index is 900. The van der Waals surface area contributed by atoms with E-state index in [2.05, 4.69) is 42.9 Å². The standard InChI is InChI=1S/C15H13IN4O3S/c1-23-12-4-8(2-3-11(12)21)18-14(22)7-24-15-19-9-5-13(16)17-6-10(9)20-15/h2-6,21H,7H2,1H3,(H,18,22)(H,19,20). The predicted molar refractivity (Wildman–Crippen MR) is 101 cm³/mol. The van der Waals surface area contributed by atoms with Crippen molar-refractivity contribution in [2.24, 2.45) is 0 Å². The Morgan fingerprint density at radius 3 is 3.08 bits per heavy atom. The van der Waals surface area contributed by atoms with E-state index in [4.69, 9.17) is 4.74 Å². The fourth-order valence-electron chi connectivity index (χ4n) is 2.02. The van der Waals surface area contributed by atoms with Gasteiger partial charge in [-0.15, -0.1) is 0 Å². The number of carbonyl (C=O) groups is 1. The summed E-state index contributed by atoms with van der Waals surface area (Å²) >= 11 is 3.43. The monoisotopic (exact) mass is 456 g/mol. The first kappa shape index (κ1) is 16.8. The van der Waals surface area contributed by atoms with Gasteiger partial charge in [0.15, 0.2) is 16.7 Å². The zero-order chi connectivity index (χ0) is 17.1. The van der Waals surface area contributed by atoms with Crippen molar-refractivity contribution in [2.45, 2.75) is 5.16 Å². The molecule has 0 unspecified atom stereocenters. The van der Waals surface area contributed by atoms with Crippen LogP contribution in [0.3, 0.4) is 0 Å². The number of fused-ring (bicyclic) bond motifs is 1. The number of aromatic hydroxyl groups is 1. The first-order valence-corrected chi connectivity index (χ1v) is 8.92. The van der Waals surface area contributed by atoms with Crippen LogP contribution >= 0.6 is 34.4 Å². The number of rotatable bonds is 5. The summed E-state index contributed by atoms with van der Waals surface area (Å²) in [6.07, 6.45) is 1.72. The number of imidazole rings is 1. The van der Waals surface area contributed by atoms with Crippen LogP contribution in [0, 0.1) is 3.70 Å². The number of amides is 1. The van der Waals surface area contributed by atoms with E-state index < -0.39 is 0 Å². The molecule has 3 rings (SSSR count). The van der Waals surface area contributed by atoms with Crippen LogP contribution < -0.4 is 10.1 Å². The van der Waals surface area contributed by atoms with Gasteiger partial charge < -0.3 is 20.1 Å². The second-order valence-corrected chi connectivity index (χ2v) is 6.86. The highest BCUT2D eigenvalue weighted by Crippen LogP contribution is 2.28. The fraction of sp³-hybridized carbons (Fsp3) is 0.133. The van der Waals surface area contributed by atoms with Crippen molar-refractivity contribution in [1.29, 1.82) is 0 Å². The van der Waals surface area contributed by atoms with E-state index >= 15 is 0 Å². The van der Waals surface area contributed by atoms with Gasteiger partial charge in [0.25, 0.3) is 0 Å². The van der Waals surface area contributed by atoms with Gasteiger partial charge in [-0.25, -0.2) is 9.97 Å². The zero-order valence-electron chi connectivity index (χ0n) is 12.5. The third-order valence-electron chi connectivity index (χ3n) is 3.12. The topological polar surface area (TPSA) is 100 Å². The van der Waals surface area contributed by atoms with Crippen LogP contribution in [0.4, 0.5) is 5.69 Å². The summed E-state index contributed by atoms with van der Waals surface area (Å²) in [4.78, 5) is 23.8. The molecule has 0 radical (unpaired) electrons. The molecule has 124 valence electrons. The molecule has 1 amide bonds. The van der Waals surface area contributed by atoms with Crippen molar-refractivity contribution in [3.63, 3.8) is 0 Å². The average molecular weight is 456 g/mol. The molecular weight excluding hydrogens is 443 g/mol. The first-order chi connectivity index (χ1) is 11.5. The number of hydrogen-bond donors (Lipinski definition) is 3. The molecule has 24 heavy (non-hydrogen) atoms. The van der Waals surface area contributed by atoms with E-state index in [-0.39, 0.29) is 17.4 Å². The van der Waals surface area contributed by atoms with E-state index in [1.165, 1.54) is 24.9 Å². The van der Waals surface area contributed by atoms with E-state index in [0.717, 1.165) is 14.7 Å². The highest BCUT2D eigenvalue weighted by atomic mass is 127. The van der Waals surface area contributed by atoms with Crippen LogP contribution in [0.2, 0.25) is 0 Å². The lowest BCUT2D eigenvalue weighted by molar-refractivity contribution is -0.113. The number of H-pyrrole nitrogens is 1. The van der Waals surface area contributed by atoms with Gasteiger partial charge >= 0.3 is 0 Å². The van der Waals surface area contributed by atoms with Crippen molar-refractivity contribution in [2.75, 3.05) is 18.2 Å². The molecule has 3 aromatic rings. The molecule has 7 nitrogen and oxygen atoms in total. The van der Waals surface area contributed by atoms with Crippen LogP contribution in [0.25, 0.3) is 11.0 Å². The molecule has 0 saturated heterocycles. The molecule has 0 bridgehead atoms. The number of phenols is 1. The number of halogens is 1. The molecule has 0 spiro atoms. The number of hydrogen-bond acceptors (Lipinski definition) is 6. The van der Waals surface area contributed by atoms with E-state index in [1.807, 2.05) is 6.07 Å². The van der Waals surface area contributed by atoms with Crippen LogP contribution in [0.5, 0.6) is 11.5 Å². The number of pyridine rings is 1. The maximum Gasteiger partial charge on any atom is 0.234 e. The summed E-state index contributed by atoms with van der Waals surface area (Å²) in [6.45, 7) is 0. The van der Waals surface area contributed by atoms with Crippen molar-refractivity contribution in [3.05, 3.63) is 34.2 Å². The summed E-state index contributed by atoms with van der Waals surface area (Å²) < 4.78 is 5.87. The summed E-state index contributed by atoms with van der Waals surface area (Å²) in [5.74, 6) is 0.351. The molecule has 3 N–H and O–H groups in total. The van der Waals surface area contributed by atoms with Gasteiger partial charge in [0.2, 0.25) is 5.91 Å². The van der Waals surface area contributed by atoms with E-state index in [9.17, 15) is 9.90 Å². The SMILES string of the molecule is COc1cc(NC(=O)CSc2nc3cc(I)ncc3[nH]2)ccc1O. The summed E-state index contributed by atoms with van der Waals surface area (Å²) in [7, 11) is 1.45. The largest absolute Gasteiger partial charge is 0.504 e. The summed E-state index contributed by atoms with van der Waals surface area (Å²) in [6, 6.07) is 6.51. The first-order valence-electron chi connectivity index (χ1n) is 6.86. The van der Waals surface area contributed by atoms with Crippen molar-refractivity contribution in [1.82, 2.24) is 15.0 Å². The molecule has 2 aromatic heterocycles. The Labute approximate surface area is 155 Å². The van der Waals surface area contributed by atoms with Gasteiger partial charge in [-0.1, -0.05) is 11.8 Å². The van der Waals surface area contributed by atoms with Crippen molar-refractivity contribution in [3.8, 4) is 11.5 Å². The molecule has 0 aliphatic carbocycles. The molecule has 0 atom stereocenters. The number of anilines is 1. The van der Waals surface area contributed by atoms with Gasteiger partial charge in [-0.05, 0) is 40.8 Å². The molecular formula is C15H13IN4O3S. The molecule has 1 aromatic carbocycles. The lowest BCUT2D eigenvalue weighted by Gasteiger charge is -2.07. The average Bonchev–Trinajstić information content (AvgIpc) is 2.96. The minimum Gasteiger partial charge on any atom is -0.504 e. The van der Waals surface area contributed by atoms with Gasteiger partial charge in [0.05, 0.1) is 30.1 Å². The zero-order valence-corrected chi connectivity index (χ0v) is 15.5. The fourth-order valence-corrected chi connectivity index (χ4v) is 3.14. The van der Waals surface area contributed by atoms with Crippen LogP contribution in [-0.4, -0.2) is 38.8 Å². The number of aromatic nitrogens is 3. The summed E-state index contributed by atoms with van der Waals surface area (Å²) in [5, 5.41) is 13.0. The maximum atomic E-state index is 12.0. The number of ether oxygens (including phenoxy) is 1. The van der Waals surface area contributed by atoms with Crippen LogP contribution in [0.1, 0.15) is 0 Å². The number of nitrogens with zero attached hydrogens (tertiary/aromatic N) is 2. The van der Waals surface area contributed by atoms with Crippen LogP contribution in [-0.2, 0) is 4.79 Å². The van der Waals surface area contributed by atoms with Gasteiger partial charge in [-0.3, -0.25) is 4.79 Å². The predicted octanol–water partition coefficient (Wildman–Crippen LogP) is 3.01. The Balaban J connectivity index is 1.62. The van der Waals surface area contributed by atoms with Crippen molar-refractivity contribution < 1.29 is 14.6 Å². The number of benzene rings is 1. The minimum atomic E-state index is -0.180. The molecule has 0 fully saturated rings. The molecule has 0 aliphatic heterocycles. The minimum absolute atomic E-state index is 0.0235. The molecule has 9 heteroatoms. The lowest BCUT2D eigenvalue weighted by Crippen LogP contribution is -2.14. The second kappa shape index (κ2) is 7.26. The second-order valence-electron chi connectivity index (χ2n) is 4.79. The quantitative estimate of drug-likeness (QED) is 0.236. The van der Waals surface area contributed by atoms with E-state index in [0.29, 0.717) is 16.6 Å². The van der Waals surface area contributed by atoms with Gasteiger partial charge in [0.1, 0.15) is 3.70 Å². The lowest BCUT2D eigenvalue weighted by atomic mass is 10.3. The normalized spacial score (nSPS) is 10.8. The molecule has 0 saturated carbocycles. The highest BCUT2D eigenvalue weighted by molar-refractivity contribution is 14.1. The number of aromatic amines is 1. The van der Waals surface area contributed by atoms with E-state index in [1.54, 1.807) is 18.3 Å². The van der Waals surface area contributed by atoms with Gasteiger partial charge in [-0.2, -0.15) is 0 Å². The summed E-state index contributed by atoms with van der Waals surface area (Å²) in [5.41, 5.74) is 2.21. The molecule has 2 heterocycles. The number of carbonyl (C=O) groups excluding carboxylic acids is 1. The number of thioether (sulfide) groups is 1. The van der Waals surface area contributed by atoms with Gasteiger partial charge in [0, 0.05) is 11.8 Å². The number of methoxy groups -OCH3 is 1. The Hall–Kier alpha value is -2.01. The molecule has 0 aliphatic rings.